The normalized spacial score (nSPS) is 11.9. The fourth-order valence-electron chi connectivity index (χ4n) is 3.72. The van der Waals surface area contributed by atoms with Gasteiger partial charge in [0.2, 0.25) is 0 Å². The van der Waals surface area contributed by atoms with Crippen molar-refractivity contribution in [1.29, 1.82) is 5.26 Å². The first kappa shape index (κ1) is 22.1. The van der Waals surface area contributed by atoms with E-state index in [1.807, 2.05) is 33.2 Å². The van der Waals surface area contributed by atoms with Crippen LogP contribution in [0.5, 0.6) is 11.5 Å². The Kier molecular flexibility index (Phi) is 5.87. The molecular weight excluding hydrogens is 425 g/mol. The maximum atomic E-state index is 13.3. The molecule has 0 bridgehead atoms. The number of halogens is 1. The smallest absolute Gasteiger partial charge is 0.179 e. The number of hydrogen-bond acceptors (Lipinski definition) is 7. The second-order valence-corrected chi connectivity index (χ2v) is 7.76. The minimum Gasteiger partial charge on any atom is -0.493 e. The van der Waals surface area contributed by atoms with Gasteiger partial charge in [-0.1, -0.05) is 0 Å². The van der Waals surface area contributed by atoms with Crippen molar-refractivity contribution in [2.24, 2.45) is 7.05 Å². The zero-order valence-electron chi connectivity index (χ0n) is 19.1. The van der Waals surface area contributed by atoms with Gasteiger partial charge in [-0.3, -0.25) is 9.67 Å². The zero-order chi connectivity index (χ0) is 23.7. The van der Waals surface area contributed by atoms with Crippen LogP contribution in [-0.2, 0) is 13.6 Å². The van der Waals surface area contributed by atoms with E-state index in [0.717, 1.165) is 28.7 Å². The highest BCUT2D eigenvalue weighted by atomic mass is 19.1. The molecule has 0 amide bonds. The standard InChI is InChI=1S/C23H24FN7O2/c1-14-19(12-29(3)13-25)30(4)28-22(14)16-8-20(23-21(32-5)10-27-31(23)11-16)33-15(2)18-7-6-17(24)9-26-18/h6-11,15H,12H2,1-5H3. The van der Waals surface area contributed by atoms with Gasteiger partial charge in [-0.25, -0.2) is 8.91 Å². The maximum Gasteiger partial charge on any atom is 0.179 e. The molecule has 1 atom stereocenters. The maximum absolute atomic E-state index is 13.3. The Labute approximate surface area is 190 Å². The summed E-state index contributed by atoms with van der Waals surface area (Å²) in [6.07, 6.45) is 6.31. The molecule has 0 radical (unpaired) electrons. The van der Waals surface area contributed by atoms with Crippen LogP contribution in [0, 0.1) is 24.2 Å². The minimum atomic E-state index is -0.450. The van der Waals surface area contributed by atoms with Crippen LogP contribution < -0.4 is 9.47 Å². The fraction of sp³-hybridized carbons (Fsp3) is 0.304. The molecule has 9 nitrogen and oxygen atoms in total. The second-order valence-electron chi connectivity index (χ2n) is 7.76. The molecule has 0 N–H and O–H groups in total. The molecule has 170 valence electrons. The summed E-state index contributed by atoms with van der Waals surface area (Å²) in [4.78, 5) is 5.67. The largest absolute Gasteiger partial charge is 0.493 e. The van der Waals surface area contributed by atoms with Crippen molar-refractivity contribution in [2.75, 3.05) is 14.2 Å². The first-order chi connectivity index (χ1) is 15.8. The molecule has 0 aliphatic rings. The van der Waals surface area contributed by atoms with Gasteiger partial charge in [0.05, 0.1) is 43.1 Å². The molecule has 1 unspecified atom stereocenters. The van der Waals surface area contributed by atoms with Crippen LogP contribution >= 0.6 is 0 Å². The minimum absolute atomic E-state index is 0.406. The molecule has 10 heteroatoms. The van der Waals surface area contributed by atoms with E-state index in [9.17, 15) is 4.39 Å². The van der Waals surface area contributed by atoms with Crippen LogP contribution in [-0.4, -0.2) is 43.4 Å². The van der Waals surface area contributed by atoms with Crippen LogP contribution in [0.4, 0.5) is 4.39 Å². The molecule has 4 heterocycles. The monoisotopic (exact) mass is 449 g/mol. The number of aromatic nitrogens is 5. The van der Waals surface area contributed by atoms with E-state index >= 15 is 0 Å². The number of hydrogen-bond donors (Lipinski definition) is 0. The Bertz CT molecular complexity index is 1340. The van der Waals surface area contributed by atoms with Crippen LogP contribution in [0.2, 0.25) is 0 Å². The predicted molar refractivity (Wildman–Crippen MR) is 119 cm³/mol. The number of nitrogens with zero attached hydrogens (tertiary/aromatic N) is 7. The average Bonchev–Trinajstić information content (AvgIpc) is 3.35. The third-order valence-corrected chi connectivity index (χ3v) is 5.49. The lowest BCUT2D eigenvalue weighted by atomic mass is 10.1. The number of pyridine rings is 2. The van der Waals surface area contributed by atoms with E-state index in [-0.39, 0.29) is 0 Å². The second kappa shape index (κ2) is 8.78. The fourth-order valence-corrected chi connectivity index (χ4v) is 3.72. The molecule has 0 aliphatic carbocycles. The third kappa shape index (κ3) is 4.17. The van der Waals surface area contributed by atoms with Crippen molar-refractivity contribution in [1.82, 2.24) is 29.3 Å². The van der Waals surface area contributed by atoms with Gasteiger partial charge in [-0.2, -0.15) is 15.5 Å². The summed E-state index contributed by atoms with van der Waals surface area (Å²) in [5.74, 6) is 0.683. The Morgan fingerprint density at radius 1 is 1.27 bits per heavy atom. The SMILES string of the molecule is COc1cnn2cc(-c3nn(C)c(CN(C)C#N)c3C)cc(OC(C)c3ccc(F)cn3)c12. The van der Waals surface area contributed by atoms with Crippen molar-refractivity contribution < 1.29 is 13.9 Å². The molecule has 0 fully saturated rings. The van der Waals surface area contributed by atoms with Gasteiger partial charge in [-0.15, -0.1) is 0 Å². The van der Waals surface area contributed by atoms with Crippen LogP contribution in [0.15, 0.2) is 36.8 Å². The van der Waals surface area contributed by atoms with E-state index in [4.69, 9.17) is 14.7 Å². The van der Waals surface area contributed by atoms with E-state index in [0.29, 0.717) is 29.3 Å². The molecule has 33 heavy (non-hydrogen) atoms. The summed E-state index contributed by atoms with van der Waals surface area (Å²) >= 11 is 0. The van der Waals surface area contributed by atoms with E-state index < -0.39 is 11.9 Å². The first-order valence-corrected chi connectivity index (χ1v) is 10.3. The van der Waals surface area contributed by atoms with Gasteiger partial charge in [0, 0.05) is 31.4 Å². The molecular formula is C23H24FN7O2. The lowest BCUT2D eigenvalue weighted by Gasteiger charge is -2.16. The van der Waals surface area contributed by atoms with Crippen LogP contribution in [0.3, 0.4) is 0 Å². The molecule has 4 aromatic heterocycles. The first-order valence-electron chi connectivity index (χ1n) is 10.3. The number of fused-ring (bicyclic) bond motifs is 1. The lowest BCUT2D eigenvalue weighted by Crippen LogP contribution is -2.14. The third-order valence-electron chi connectivity index (χ3n) is 5.49. The summed E-state index contributed by atoms with van der Waals surface area (Å²) in [6, 6.07) is 4.83. The van der Waals surface area contributed by atoms with Crippen molar-refractivity contribution in [3.05, 3.63) is 59.6 Å². The van der Waals surface area contributed by atoms with E-state index in [1.54, 1.807) is 40.5 Å². The Hall–Kier alpha value is -4.13. The van der Waals surface area contributed by atoms with Gasteiger partial charge in [0.1, 0.15) is 11.9 Å². The van der Waals surface area contributed by atoms with Gasteiger partial charge in [-0.05, 0) is 32.0 Å². The average molecular weight is 449 g/mol. The number of aryl methyl sites for hydroxylation is 1. The molecule has 4 aromatic rings. The highest BCUT2D eigenvalue weighted by Crippen LogP contribution is 2.36. The molecule has 0 aliphatic heterocycles. The molecule has 4 rings (SSSR count). The molecule has 0 saturated carbocycles. The number of methoxy groups -OCH3 is 1. The quantitative estimate of drug-likeness (QED) is 0.314. The molecule has 0 aromatic carbocycles. The van der Waals surface area contributed by atoms with Crippen molar-refractivity contribution in [2.45, 2.75) is 26.5 Å². The molecule has 0 spiro atoms. The highest BCUT2D eigenvalue weighted by molar-refractivity contribution is 5.75. The highest BCUT2D eigenvalue weighted by Gasteiger charge is 2.21. The summed E-state index contributed by atoms with van der Waals surface area (Å²) in [6.45, 7) is 4.26. The Morgan fingerprint density at radius 2 is 2.06 bits per heavy atom. The van der Waals surface area contributed by atoms with Gasteiger partial charge >= 0.3 is 0 Å². The van der Waals surface area contributed by atoms with E-state index in [1.165, 1.54) is 6.07 Å². The van der Waals surface area contributed by atoms with Crippen LogP contribution in [0.1, 0.15) is 30.0 Å². The predicted octanol–water partition coefficient (Wildman–Crippen LogP) is 3.64. The van der Waals surface area contributed by atoms with Crippen LogP contribution in [0.25, 0.3) is 16.8 Å². The number of rotatable bonds is 7. The summed E-state index contributed by atoms with van der Waals surface area (Å²) in [5, 5.41) is 18.3. The van der Waals surface area contributed by atoms with Gasteiger partial charge < -0.3 is 14.4 Å². The van der Waals surface area contributed by atoms with Gasteiger partial charge in [0.15, 0.2) is 23.2 Å². The summed E-state index contributed by atoms with van der Waals surface area (Å²) in [5.41, 5.74) is 4.69. The Morgan fingerprint density at radius 3 is 2.73 bits per heavy atom. The topological polar surface area (TPSA) is 93.5 Å². The van der Waals surface area contributed by atoms with Crippen molar-refractivity contribution >= 4 is 5.52 Å². The lowest BCUT2D eigenvalue weighted by molar-refractivity contribution is 0.223. The molecule has 0 saturated heterocycles. The van der Waals surface area contributed by atoms with Crippen molar-refractivity contribution in [3.63, 3.8) is 0 Å². The number of ether oxygens (including phenoxy) is 2. The zero-order valence-corrected chi connectivity index (χ0v) is 19.1. The summed E-state index contributed by atoms with van der Waals surface area (Å²) < 4.78 is 28.5. The summed E-state index contributed by atoms with van der Waals surface area (Å²) in [7, 11) is 5.15. The van der Waals surface area contributed by atoms with Gasteiger partial charge in [0.25, 0.3) is 0 Å². The Balaban J connectivity index is 1.80. The van der Waals surface area contributed by atoms with Crippen molar-refractivity contribution in [3.8, 4) is 28.9 Å². The number of nitriles is 1. The van der Waals surface area contributed by atoms with E-state index in [2.05, 4.69) is 21.4 Å².